The molecule has 0 aliphatic heterocycles. The summed E-state index contributed by atoms with van der Waals surface area (Å²) in [6.45, 7) is 5.06. The molecule has 1 heterocycles. The molecule has 0 aliphatic rings. The number of nitrogens with zero attached hydrogens (tertiary/aromatic N) is 2. The van der Waals surface area contributed by atoms with Gasteiger partial charge in [0.25, 0.3) is 5.91 Å². The average Bonchev–Trinajstić information content (AvgIpc) is 2.71. The Hall–Kier alpha value is -3.25. The van der Waals surface area contributed by atoms with Crippen molar-refractivity contribution in [2.75, 3.05) is 30.9 Å². The zero-order chi connectivity index (χ0) is 19.9. The quantitative estimate of drug-likeness (QED) is 0.608. The van der Waals surface area contributed by atoms with Crippen LogP contribution in [-0.2, 0) is 4.74 Å². The fourth-order valence-corrected chi connectivity index (χ4v) is 2.84. The van der Waals surface area contributed by atoms with Crippen molar-refractivity contribution in [2.24, 2.45) is 0 Å². The Kier molecular flexibility index (Phi) is 6.34. The van der Waals surface area contributed by atoms with E-state index >= 15 is 0 Å². The van der Waals surface area contributed by atoms with Crippen LogP contribution in [0.25, 0.3) is 11.4 Å². The second-order valence-electron chi connectivity index (χ2n) is 6.47. The fraction of sp³-hybridized carbons (Fsp3) is 0.227. The smallest absolute Gasteiger partial charge is 0.274 e. The van der Waals surface area contributed by atoms with E-state index in [-0.39, 0.29) is 5.91 Å². The van der Waals surface area contributed by atoms with Crippen LogP contribution in [0.15, 0.2) is 54.6 Å². The van der Waals surface area contributed by atoms with Gasteiger partial charge < -0.3 is 15.4 Å². The lowest BCUT2D eigenvalue weighted by atomic mass is 10.1. The summed E-state index contributed by atoms with van der Waals surface area (Å²) in [6, 6.07) is 17.2. The van der Waals surface area contributed by atoms with Gasteiger partial charge in [-0.05, 0) is 25.0 Å². The molecule has 0 spiro atoms. The van der Waals surface area contributed by atoms with E-state index in [2.05, 4.69) is 20.6 Å². The molecular weight excluding hydrogens is 352 g/mol. The third-order valence-electron chi connectivity index (χ3n) is 4.32. The van der Waals surface area contributed by atoms with Crippen LogP contribution in [0.2, 0.25) is 0 Å². The largest absolute Gasteiger partial charge is 0.383 e. The Morgan fingerprint density at radius 2 is 1.71 bits per heavy atom. The van der Waals surface area contributed by atoms with Gasteiger partial charge in [0.15, 0.2) is 5.82 Å². The molecule has 28 heavy (non-hydrogen) atoms. The number of benzene rings is 2. The number of ether oxygens (including phenoxy) is 1. The summed E-state index contributed by atoms with van der Waals surface area (Å²) >= 11 is 0. The van der Waals surface area contributed by atoms with Gasteiger partial charge >= 0.3 is 0 Å². The number of rotatable bonds is 7. The molecule has 1 aromatic heterocycles. The lowest BCUT2D eigenvalue weighted by Gasteiger charge is -2.13. The third-order valence-corrected chi connectivity index (χ3v) is 4.32. The number of hydrogen-bond acceptors (Lipinski definition) is 5. The van der Waals surface area contributed by atoms with Gasteiger partial charge in [-0.1, -0.05) is 48.5 Å². The molecule has 0 atom stereocenters. The van der Waals surface area contributed by atoms with Gasteiger partial charge in [0.1, 0.15) is 11.5 Å². The van der Waals surface area contributed by atoms with Crippen LogP contribution >= 0.6 is 0 Å². The Balaban J connectivity index is 1.94. The van der Waals surface area contributed by atoms with E-state index < -0.39 is 0 Å². The molecule has 0 saturated carbocycles. The highest BCUT2D eigenvalue weighted by Gasteiger charge is 2.15. The molecule has 144 valence electrons. The molecule has 3 aromatic rings. The van der Waals surface area contributed by atoms with Crippen molar-refractivity contribution in [1.82, 2.24) is 9.97 Å². The predicted octanol–water partition coefficient (Wildman–Crippen LogP) is 4.07. The monoisotopic (exact) mass is 376 g/mol. The zero-order valence-electron chi connectivity index (χ0n) is 16.3. The van der Waals surface area contributed by atoms with Crippen LogP contribution < -0.4 is 10.6 Å². The molecule has 3 rings (SSSR count). The number of para-hydroxylation sites is 1. The van der Waals surface area contributed by atoms with E-state index in [1.165, 1.54) is 0 Å². The molecule has 0 aliphatic carbocycles. The zero-order valence-corrected chi connectivity index (χ0v) is 16.3. The van der Waals surface area contributed by atoms with E-state index in [9.17, 15) is 4.79 Å². The molecule has 2 N–H and O–H groups in total. The Morgan fingerprint density at radius 1 is 1.00 bits per heavy atom. The summed E-state index contributed by atoms with van der Waals surface area (Å²) in [6.07, 6.45) is 0. The van der Waals surface area contributed by atoms with Crippen molar-refractivity contribution in [1.29, 1.82) is 0 Å². The number of anilines is 2. The lowest BCUT2D eigenvalue weighted by Crippen LogP contribution is -2.17. The van der Waals surface area contributed by atoms with Crippen LogP contribution in [0.5, 0.6) is 0 Å². The van der Waals surface area contributed by atoms with E-state index in [0.717, 1.165) is 22.4 Å². The first-order valence-electron chi connectivity index (χ1n) is 9.13. The highest BCUT2D eigenvalue weighted by molar-refractivity contribution is 6.04. The van der Waals surface area contributed by atoms with Crippen molar-refractivity contribution in [3.8, 4) is 11.4 Å². The molecule has 0 saturated heterocycles. The maximum absolute atomic E-state index is 12.9. The number of methoxy groups -OCH3 is 1. The highest BCUT2D eigenvalue weighted by Crippen LogP contribution is 2.22. The first-order valence-corrected chi connectivity index (χ1v) is 9.13. The lowest BCUT2D eigenvalue weighted by molar-refractivity contribution is 0.102. The summed E-state index contributed by atoms with van der Waals surface area (Å²) in [5, 5.41) is 6.17. The van der Waals surface area contributed by atoms with Gasteiger partial charge in [0, 0.05) is 31.0 Å². The molecular formula is C22H24N4O2. The number of aromatic nitrogens is 2. The van der Waals surface area contributed by atoms with Crippen molar-refractivity contribution < 1.29 is 9.53 Å². The van der Waals surface area contributed by atoms with Gasteiger partial charge in [0.2, 0.25) is 0 Å². The molecule has 0 unspecified atom stereocenters. The van der Waals surface area contributed by atoms with Crippen LogP contribution in [0, 0.1) is 13.8 Å². The minimum absolute atomic E-state index is 0.272. The summed E-state index contributed by atoms with van der Waals surface area (Å²) in [5.74, 6) is 0.805. The first kappa shape index (κ1) is 19.5. The molecule has 0 bridgehead atoms. The van der Waals surface area contributed by atoms with Crippen LogP contribution in [0.3, 0.4) is 0 Å². The number of nitrogens with one attached hydrogen (secondary N) is 2. The van der Waals surface area contributed by atoms with E-state index in [1.54, 1.807) is 13.2 Å². The number of amides is 1. The van der Waals surface area contributed by atoms with Crippen molar-refractivity contribution in [3.05, 3.63) is 71.4 Å². The number of aryl methyl sites for hydroxylation is 2. The fourth-order valence-electron chi connectivity index (χ4n) is 2.84. The standard InChI is InChI=1S/C22H24N4O2/c1-15-8-7-9-16(2)20(15)26-22(27)18-14-19(23-12-13-28-3)25-21(24-18)17-10-5-4-6-11-17/h4-11,14H,12-13H2,1-3H3,(H,26,27)(H,23,24,25). The summed E-state index contributed by atoms with van der Waals surface area (Å²) in [7, 11) is 1.64. The maximum Gasteiger partial charge on any atom is 0.274 e. The van der Waals surface area contributed by atoms with Crippen molar-refractivity contribution >= 4 is 17.4 Å². The predicted molar refractivity (Wildman–Crippen MR) is 112 cm³/mol. The molecule has 2 aromatic carbocycles. The molecule has 1 amide bonds. The van der Waals surface area contributed by atoms with Gasteiger partial charge in [-0.25, -0.2) is 9.97 Å². The van der Waals surface area contributed by atoms with Gasteiger partial charge in [0.05, 0.1) is 6.61 Å². The average molecular weight is 376 g/mol. The Bertz CT molecular complexity index is 938. The minimum atomic E-state index is -0.272. The van der Waals surface area contributed by atoms with E-state index in [1.807, 2.05) is 62.4 Å². The first-order chi connectivity index (χ1) is 13.6. The molecule has 6 heteroatoms. The Morgan fingerprint density at radius 3 is 2.39 bits per heavy atom. The maximum atomic E-state index is 12.9. The topological polar surface area (TPSA) is 76.1 Å². The van der Waals surface area contributed by atoms with Gasteiger partial charge in [-0.2, -0.15) is 0 Å². The van der Waals surface area contributed by atoms with E-state index in [0.29, 0.717) is 30.5 Å². The van der Waals surface area contributed by atoms with E-state index in [4.69, 9.17) is 4.74 Å². The normalized spacial score (nSPS) is 10.5. The second kappa shape index (κ2) is 9.10. The number of hydrogen-bond donors (Lipinski definition) is 2. The SMILES string of the molecule is COCCNc1cc(C(=O)Nc2c(C)cccc2C)nc(-c2ccccc2)n1. The van der Waals surface area contributed by atoms with Gasteiger partial charge in [-0.3, -0.25) is 4.79 Å². The minimum Gasteiger partial charge on any atom is -0.383 e. The summed E-state index contributed by atoms with van der Waals surface area (Å²) in [4.78, 5) is 22.0. The van der Waals surface area contributed by atoms with Crippen LogP contribution in [0.1, 0.15) is 21.6 Å². The Labute approximate surface area is 165 Å². The summed E-state index contributed by atoms with van der Waals surface area (Å²) < 4.78 is 5.08. The summed E-state index contributed by atoms with van der Waals surface area (Å²) in [5.41, 5.74) is 3.96. The third kappa shape index (κ3) is 4.72. The van der Waals surface area contributed by atoms with Crippen molar-refractivity contribution in [2.45, 2.75) is 13.8 Å². The highest BCUT2D eigenvalue weighted by atomic mass is 16.5. The molecule has 0 radical (unpaired) electrons. The molecule has 6 nitrogen and oxygen atoms in total. The number of carbonyl (C=O) groups excluding carboxylic acids is 1. The number of carbonyl (C=O) groups is 1. The van der Waals surface area contributed by atoms with Gasteiger partial charge in [-0.15, -0.1) is 0 Å². The molecule has 0 fully saturated rings. The van der Waals surface area contributed by atoms with Crippen LogP contribution in [0.4, 0.5) is 11.5 Å². The van der Waals surface area contributed by atoms with Crippen molar-refractivity contribution in [3.63, 3.8) is 0 Å². The van der Waals surface area contributed by atoms with Crippen LogP contribution in [-0.4, -0.2) is 36.1 Å². The second-order valence-corrected chi connectivity index (χ2v) is 6.47.